The molecule has 4 rings (SSSR count). The van der Waals surface area contributed by atoms with Crippen molar-refractivity contribution >= 4 is 9.84 Å². The average molecular weight is 463 g/mol. The SMILES string of the molecule is O=S(=O)(c1ccc(O)c(Cc2ccccc2)c1O)c1ccc(O)c(Cc2ccccc2)c1O. The van der Waals surface area contributed by atoms with Crippen molar-refractivity contribution in [3.05, 3.63) is 107 Å². The third kappa shape index (κ3) is 4.36. The van der Waals surface area contributed by atoms with Crippen LogP contribution >= 0.6 is 0 Å². The molecule has 0 bridgehead atoms. The highest BCUT2D eigenvalue weighted by Gasteiger charge is 2.29. The van der Waals surface area contributed by atoms with Gasteiger partial charge in [0.1, 0.15) is 32.8 Å². The van der Waals surface area contributed by atoms with E-state index in [4.69, 9.17) is 0 Å². The third-order valence-electron chi connectivity index (χ3n) is 5.47. The fourth-order valence-corrected chi connectivity index (χ4v) is 5.20. The largest absolute Gasteiger partial charge is 0.508 e. The summed E-state index contributed by atoms with van der Waals surface area (Å²) in [5.74, 6) is -1.66. The second kappa shape index (κ2) is 8.88. The summed E-state index contributed by atoms with van der Waals surface area (Å²) in [5.41, 5.74) is 1.67. The predicted octanol–water partition coefficient (Wildman–Crippen LogP) is 4.52. The number of phenolic OH excluding ortho intramolecular Hbond substituents is 4. The molecule has 0 aliphatic rings. The Kier molecular flexibility index (Phi) is 5.98. The molecule has 33 heavy (non-hydrogen) atoms. The van der Waals surface area contributed by atoms with E-state index in [0.717, 1.165) is 23.3 Å². The van der Waals surface area contributed by atoms with Gasteiger partial charge in [-0.25, -0.2) is 8.42 Å². The van der Waals surface area contributed by atoms with Crippen LogP contribution in [-0.2, 0) is 22.7 Å². The first-order valence-corrected chi connectivity index (χ1v) is 11.7. The molecule has 4 N–H and O–H groups in total. The molecule has 0 aromatic heterocycles. The van der Waals surface area contributed by atoms with E-state index in [1.165, 1.54) is 12.1 Å². The number of sulfone groups is 1. The molecule has 0 aliphatic carbocycles. The second-order valence-electron chi connectivity index (χ2n) is 7.65. The van der Waals surface area contributed by atoms with Crippen molar-refractivity contribution in [2.24, 2.45) is 0 Å². The fourth-order valence-electron chi connectivity index (χ4n) is 3.71. The van der Waals surface area contributed by atoms with Gasteiger partial charge in [-0.15, -0.1) is 0 Å². The van der Waals surface area contributed by atoms with Crippen LogP contribution < -0.4 is 0 Å². The lowest BCUT2D eigenvalue weighted by Crippen LogP contribution is -2.06. The Hall–Kier alpha value is -3.97. The molecule has 0 unspecified atom stereocenters. The van der Waals surface area contributed by atoms with Crippen molar-refractivity contribution in [1.29, 1.82) is 0 Å². The Labute approximate surface area is 191 Å². The van der Waals surface area contributed by atoms with Gasteiger partial charge in [0.2, 0.25) is 9.84 Å². The van der Waals surface area contributed by atoms with Crippen molar-refractivity contribution < 1.29 is 28.8 Å². The molecule has 7 heteroatoms. The molecule has 168 valence electrons. The normalized spacial score (nSPS) is 11.4. The molecule has 4 aromatic carbocycles. The molecular weight excluding hydrogens is 440 g/mol. The molecule has 0 amide bonds. The van der Waals surface area contributed by atoms with Gasteiger partial charge in [-0.2, -0.15) is 0 Å². The van der Waals surface area contributed by atoms with E-state index in [1.54, 1.807) is 48.5 Å². The Balaban J connectivity index is 1.79. The molecular formula is C26H22O6S. The summed E-state index contributed by atoms with van der Waals surface area (Å²) in [6.45, 7) is 0. The van der Waals surface area contributed by atoms with Gasteiger partial charge in [0.05, 0.1) is 0 Å². The maximum Gasteiger partial charge on any atom is 0.213 e. The van der Waals surface area contributed by atoms with Crippen LogP contribution in [-0.4, -0.2) is 28.8 Å². The van der Waals surface area contributed by atoms with E-state index in [2.05, 4.69) is 0 Å². The van der Waals surface area contributed by atoms with E-state index in [-0.39, 0.29) is 35.5 Å². The molecule has 0 spiro atoms. The summed E-state index contributed by atoms with van der Waals surface area (Å²) in [5, 5.41) is 42.2. The molecule has 4 aromatic rings. The summed E-state index contributed by atoms with van der Waals surface area (Å²) in [7, 11) is -4.39. The first kappa shape index (κ1) is 22.2. The topological polar surface area (TPSA) is 115 Å². The van der Waals surface area contributed by atoms with Crippen molar-refractivity contribution in [2.75, 3.05) is 0 Å². The highest BCUT2D eigenvalue weighted by atomic mass is 32.2. The minimum absolute atomic E-state index is 0.0602. The lowest BCUT2D eigenvalue weighted by atomic mass is 10.0. The summed E-state index contributed by atoms with van der Waals surface area (Å²) < 4.78 is 26.8. The molecule has 0 saturated carbocycles. The van der Waals surface area contributed by atoms with E-state index in [1.807, 2.05) is 12.1 Å². The summed E-state index contributed by atoms with van der Waals surface area (Å²) in [6, 6.07) is 22.6. The Morgan fingerprint density at radius 2 is 0.879 bits per heavy atom. The van der Waals surface area contributed by atoms with Crippen molar-refractivity contribution in [1.82, 2.24) is 0 Å². The van der Waals surface area contributed by atoms with Gasteiger partial charge in [0.25, 0.3) is 0 Å². The lowest BCUT2D eigenvalue weighted by molar-refractivity contribution is 0.426. The highest BCUT2D eigenvalue weighted by molar-refractivity contribution is 7.91. The minimum atomic E-state index is -4.39. The monoisotopic (exact) mass is 462 g/mol. The number of aromatic hydroxyl groups is 4. The van der Waals surface area contributed by atoms with Crippen LogP contribution in [0.2, 0.25) is 0 Å². The van der Waals surface area contributed by atoms with Crippen molar-refractivity contribution in [3.63, 3.8) is 0 Å². The van der Waals surface area contributed by atoms with Crippen LogP contribution in [0, 0.1) is 0 Å². The first-order chi connectivity index (χ1) is 15.8. The highest BCUT2D eigenvalue weighted by Crippen LogP contribution is 2.42. The zero-order chi connectivity index (χ0) is 23.6. The molecule has 0 radical (unpaired) electrons. The number of phenols is 4. The lowest BCUT2D eigenvalue weighted by Gasteiger charge is -2.15. The average Bonchev–Trinajstić information content (AvgIpc) is 2.80. The van der Waals surface area contributed by atoms with E-state index >= 15 is 0 Å². The van der Waals surface area contributed by atoms with Crippen molar-refractivity contribution in [3.8, 4) is 23.0 Å². The molecule has 0 atom stereocenters. The Bertz CT molecular complexity index is 1300. The smallest absolute Gasteiger partial charge is 0.213 e. The Morgan fingerprint density at radius 1 is 0.515 bits per heavy atom. The van der Waals surface area contributed by atoms with Gasteiger partial charge in [0.15, 0.2) is 0 Å². The number of hydrogen-bond donors (Lipinski definition) is 4. The zero-order valence-corrected chi connectivity index (χ0v) is 18.3. The number of hydrogen-bond acceptors (Lipinski definition) is 6. The van der Waals surface area contributed by atoms with Gasteiger partial charge in [0, 0.05) is 24.0 Å². The molecule has 6 nitrogen and oxygen atoms in total. The molecule has 0 fully saturated rings. The molecule has 0 saturated heterocycles. The van der Waals surface area contributed by atoms with Gasteiger partial charge in [-0.3, -0.25) is 0 Å². The molecule has 0 heterocycles. The van der Waals surface area contributed by atoms with E-state index in [9.17, 15) is 28.8 Å². The van der Waals surface area contributed by atoms with Gasteiger partial charge >= 0.3 is 0 Å². The quantitative estimate of drug-likeness (QED) is 0.335. The van der Waals surface area contributed by atoms with Gasteiger partial charge in [-0.05, 0) is 35.4 Å². The van der Waals surface area contributed by atoms with Crippen LogP contribution in [0.25, 0.3) is 0 Å². The van der Waals surface area contributed by atoms with Crippen LogP contribution in [0.1, 0.15) is 22.3 Å². The number of rotatable bonds is 6. The predicted molar refractivity (Wildman–Crippen MR) is 123 cm³/mol. The third-order valence-corrected chi connectivity index (χ3v) is 7.29. The summed E-state index contributed by atoms with van der Waals surface area (Å²) in [6.07, 6.45) is 0.228. The minimum Gasteiger partial charge on any atom is -0.508 e. The maximum absolute atomic E-state index is 13.4. The summed E-state index contributed by atoms with van der Waals surface area (Å²) in [4.78, 5) is -0.893. The maximum atomic E-state index is 13.4. The van der Waals surface area contributed by atoms with Crippen molar-refractivity contribution in [2.45, 2.75) is 22.6 Å². The van der Waals surface area contributed by atoms with Crippen LogP contribution in [0.15, 0.2) is 94.7 Å². The van der Waals surface area contributed by atoms with Gasteiger partial charge < -0.3 is 20.4 Å². The van der Waals surface area contributed by atoms with Gasteiger partial charge in [-0.1, -0.05) is 60.7 Å². The first-order valence-electron chi connectivity index (χ1n) is 10.2. The Morgan fingerprint density at radius 3 is 1.24 bits per heavy atom. The number of benzene rings is 4. The standard InChI is InChI=1S/C26H22O6S/c27-21-11-13-23(25(29)19(21)15-17-7-3-1-4-8-17)33(31,32)24-14-12-22(28)20(26(24)30)16-18-9-5-2-6-10-18/h1-14,27-30H,15-16H2. The van der Waals surface area contributed by atoms with Crippen LogP contribution in [0.3, 0.4) is 0 Å². The van der Waals surface area contributed by atoms with E-state index < -0.39 is 31.1 Å². The second-order valence-corrected chi connectivity index (χ2v) is 9.53. The fraction of sp³-hybridized carbons (Fsp3) is 0.0769. The zero-order valence-electron chi connectivity index (χ0n) is 17.5. The summed E-state index contributed by atoms with van der Waals surface area (Å²) >= 11 is 0. The van der Waals surface area contributed by atoms with Crippen LogP contribution in [0.4, 0.5) is 0 Å². The van der Waals surface area contributed by atoms with Crippen LogP contribution in [0.5, 0.6) is 23.0 Å². The molecule has 0 aliphatic heterocycles. The van der Waals surface area contributed by atoms with E-state index in [0.29, 0.717) is 0 Å².